The SMILES string of the molecule is Cc1cccc(C)c1OCc1nc(C)c(CC(=O)O)c(=O)[nH]1. The van der Waals surface area contributed by atoms with Crippen LogP contribution < -0.4 is 10.3 Å². The molecule has 0 saturated heterocycles. The molecule has 2 rings (SSSR count). The predicted octanol–water partition coefficient (Wildman–Crippen LogP) is 1.90. The number of hydrogen-bond acceptors (Lipinski definition) is 4. The van der Waals surface area contributed by atoms with Crippen molar-refractivity contribution in [3.05, 3.63) is 56.8 Å². The number of nitrogens with one attached hydrogen (secondary N) is 1. The molecule has 2 N–H and O–H groups in total. The fraction of sp³-hybridized carbons (Fsp3) is 0.312. The third-order valence-corrected chi connectivity index (χ3v) is 3.36. The lowest BCUT2D eigenvalue weighted by molar-refractivity contribution is -0.136. The molecule has 1 aromatic carbocycles. The number of carboxylic acids is 1. The number of benzene rings is 1. The van der Waals surface area contributed by atoms with E-state index in [0.29, 0.717) is 11.5 Å². The lowest BCUT2D eigenvalue weighted by Gasteiger charge is -2.12. The van der Waals surface area contributed by atoms with Crippen LogP contribution in [0.3, 0.4) is 0 Å². The molecule has 22 heavy (non-hydrogen) atoms. The van der Waals surface area contributed by atoms with Crippen molar-refractivity contribution in [1.29, 1.82) is 0 Å². The van der Waals surface area contributed by atoms with Crippen LogP contribution in [0.1, 0.15) is 28.2 Å². The Bertz CT molecular complexity index is 745. The van der Waals surface area contributed by atoms with E-state index in [-0.39, 0.29) is 18.6 Å². The van der Waals surface area contributed by atoms with E-state index in [4.69, 9.17) is 9.84 Å². The van der Waals surface area contributed by atoms with Crippen molar-refractivity contribution in [2.75, 3.05) is 0 Å². The van der Waals surface area contributed by atoms with Crippen LogP contribution in [-0.2, 0) is 17.8 Å². The van der Waals surface area contributed by atoms with E-state index in [2.05, 4.69) is 9.97 Å². The molecule has 0 aliphatic heterocycles. The van der Waals surface area contributed by atoms with Gasteiger partial charge in [-0.1, -0.05) is 18.2 Å². The summed E-state index contributed by atoms with van der Waals surface area (Å²) >= 11 is 0. The first-order valence-electron chi connectivity index (χ1n) is 6.88. The highest BCUT2D eigenvalue weighted by Crippen LogP contribution is 2.22. The van der Waals surface area contributed by atoms with Crippen molar-refractivity contribution in [3.63, 3.8) is 0 Å². The second kappa shape index (κ2) is 6.43. The lowest BCUT2D eigenvalue weighted by atomic mass is 10.1. The molecule has 0 radical (unpaired) electrons. The molecule has 0 atom stereocenters. The van der Waals surface area contributed by atoms with Crippen molar-refractivity contribution >= 4 is 5.97 Å². The molecular formula is C16H18N2O4. The first-order chi connectivity index (χ1) is 10.4. The summed E-state index contributed by atoms with van der Waals surface area (Å²) in [4.78, 5) is 29.5. The van der Waals surface area contributed by atoms with E-state index in [1.807, 2.05) is 32.0 Å². The van der Waals surface area contributed by atoms with Gasteiger partial charge in [-0.05, 0) is 31.9 Å². The monoisotopic (exact) mass is 302 g/mol. The number of ether oxygens (including phenoxy) is 1. The van der Waals surface area contributed by atoms with E-state index in [1.54, 1.807) is 6.92 Å². The first-order valence-corrected chi connectivity index (χ1v) is 6.88. The topological polar surface area (TPSA) is 92.3 Å². The van der Waals surface area contributed by atoms with Crippen molar-refractivity contribution < 1.29 is 14.6 Å². The lowest BCUT2D eigenvalue weighted by Crippen LogP contribution is -2.22. The van der Waals surface area contributed by atoms with Crippen molar-refractivity contribution in [3.8, 4) is 5.75 Å². The first kappa shape index (κ1) is 15.8. The molecule has 0 saturated carbocycles. The number of rotatable bonds is 5. The third-order valence-electron chi connectivity index (χ3n) is 3.36. The zero-order chi connectivity index (χ0) is 16.3. The van der Waals surface area contributed by atoms with Gasteiger partial charge in [-0.2, -0.15) is 0 Å². The van der Waals surface area contributed by atoms with Gasteiger partial charge < -0.3 is 14.8 Å². The van der Waals surface area contributed by atoms with Gasteiger partial charge in [0.15, 0.2) is 0 Å². The minimum atomic E-state index is -1.06. The summed E-state index contributed by atoms with van der Waals surface area (Å²) in [6.45, 7) is 5.63. The maximum Gasteiger partial charge on any atom is 0.308 e. The van der Waals surface area contributed by atoms with E-state index in [9.17, 15) is 9.59 Å². The summed E-state index contributed by atoms with van der Waals surface area (Å²) in [7, 11) is 0. The van der Waals surface area contributed by atoms with E-state index >= 15 is 0 Å². The standard InChI is InChI=1S/C16H18N2O4/c1-9-5-4-6-10(2)15(9)22-8-13-17-11(3)12(7-14(19)20)16(21)18-13/h4-6H,7-8H2,1-3H3,(H,19,20)(H,17,18,21). The molecule has 1 heterocycles. The van der Waals surface area contributed by atoms with Crippen molar-refractivity contribution in [2.45, 2.75) is 33.8 Å². The number of para-hydroxylation sites is 1. The number of nitrogens with zero attached hydrogens (tertiary/aromatic N) is 1. The van der Waals surface area contributed by atoms with Crippen LogP contribution >= 0.6 is 0 Å². The highest BCUT2D eigenvalue weighted by atomic mass is 16.5. The Morgan fingerprint density at radius 1 is 1.27 bits per heavy atom. The van der Waals surface area contributed by atoms with Crippen LogP contribution in [0.25, 0.3) is 0 Å². The number of aromatic amines is 1. The molecule has 6 nitrogen and oxygen atoms in total. The number of aliphatic carboxylic acids is 1. The summed E-state index contributed by atoms with van der Waals surface area (Å²) in [5, 5.41) is 8.79. The third kappa shape index (κ3) is 3.52. The molecule has 2 aromatic rings. The Morgan fingerprint density at radius 2 is 1.91 bits per heavy atom. The average molecular weight is 302 g/mol. The molecule has 0 spiro atoms. The maximum atomic E-state index is 11.9. The zero-order valence-corrected chi connectivity index (χ0v) is 12.8. The fourth-order valence-corrected chi connectivity index (χ4v) is 2.26. The molecular weight excluding hydrogens is 284 g/mol. The Kier molecular flexibility index (Phi) is 4.60. The molecule has 0 bridgehead atoms. The molecule has 0 aliphatic rings. The van der Waals surface area contributed by atoms with Gasteiger partial charge in [-0.3, -0.25) is 9.59 Å². The number of hydrogen-bond donors (Lipinski definition) is 2. The van der Waals surface area contributed by atoms with Crippen molar-refractivity contribution in [2.24, 2.45) is 0 Å². The Hall–Kier alpha value is -2.63. The molecule has 0 unspecified atom stereocenters. The Morgan fingerprint density at radius 3 is 2.45 bits per heavy atom. The number of aromatic nitrogens is 2. The van der Waals surface area contributed by atoms with Crippen LogP contribution in [0.4, 0.5) is 0 Å². The average Bonchev–Trinajstić information content (AvgIpc) is 2.42. The second-order valence-electron chi connectivity index (χ2n) is 5.16. The van der Waals surface area contributed by atoms with Gasteiger partial charge in [0.2, 0.25) is 0 Å². The quantitative estimate of drug-likeness (QED) is 0.880. The largest absolute Gasteiger partial charge is 0.485 e. The number of H-pyrrole nitrogens is 1. The summed E-state index contributed by atoms with van der Waals surface area (Å²) in [5.74, 6) is 0.0756. The van der Waals surface area contributed by atoms with E-state index < -0.39 is 11.5 Å². The number of carboxylic acid groups (broad SMARTS) is 1. The van der Waals surface area contributed by atoms with Crippen molar-refractivity contribution in [1.82, 2.24) is 9.97 Å². The normalized spacial score (nSPS) is 10.5. The Labute approximate surface area is 127 Å². The number of aryl methyl sites for hydroxylation is 3. The van der Waals surface area contributed by atoms with Crippen LogP contribution in [0.15, 0.2) is 23.0 Å². The predicted molar refractivity (Wildman–Crippen MR) is 81.2 cm³/mol. The molecule has 0 aliphatic carbocycles. The van der Waals surface area contributed by atoms with Gasteiger partial charge in [0, 0.05) is 11.3 Å². The minimum Gasteiger partial charge on any atom is -0.485 e. The van der Waals surface area contributed by atoms with Gasteiger partial charge in [-0.25, -0.2) is 4.98 Å². The molecule has 116 valence electrons. The zero-order valence-electron chi connectivity index (χ0n) is 12.8. The van der Waals surface area contributed by atoms with Crippen LogP contribution in [-0.4, -0.2) is 21.0 Å². The van der Waals surface area contributed by atoms with Gasteiger partial charge in [0.25, 0.3) is 5.56 Å². The smallest absolute Gasteiger partial charge is 0.308 e. The highest BCUT2D eigenvalue weighted by Gasteiger charge is 2.12. The van der Waals surface area contributed by atoms with Gasteiger partial charge in [0.1, 0.15) is 18.2 Å². The van der Waals surface area contributed by atoms with Crippen LogP contribution in [0.5, 0.6) is 5.75 Å². The van der Waals surface area contributed by atoms with Crippen LogP contribution in [0.2, 0.25) is 0 Å². The minimum absolute atomic E-state index is 0.120. The summed E-state index contributed by atoms with van der Waals surface area (Å²) in [5.41, 5.74) is 2.15. The number of carbonyl (C=O) groups is 1. The highest BCUT2D eigenvalue weighted by molar-refractivity contribution is 5.70. The van der Waals surface area contributed by atoms with Crippen LogP contribution in [0, 0.1) is 20.8 Å². The molecule has 0 amide bonds. The molecule has 6 heteroatoms. The van der Waals surface area contributed by atoms with E-state index in [0.717, 1.165) is 16.9 Å². The van der Waals surface area contributed by atoms with E-state index in [1.165, 1.54) is 0 Å². The summed E-state index contributed by atoms with van der Waals surface area (Å²) in [6.07, 6.45) is -0.341. The van der Waals surface area contributed by atoms with Gasteiger partial charge in [0.05, 0.1) is 6.42 Å². The van der Waals surface area contributed by atoms with Gasteiger partial charge in [-0.15, -0.1) is 0 Å². The summed E-state index contributed by atoms with van der Waals surface area (Å²) < 4.78 is 5.74. The molecule has 1 aromatic heterocycles. The fourth-order valence-electron chi connectivity index (χ4n) is 2.26. The molecule has 0 fully saturated rings. The summed E-state index contributed by atoms with van der Waals surface area (Å²) in [6, 6.07) is 5.84. The second-order valence-corrected chi connectivity index (χ2v) is 5.16. The van der Waals surface area contributed by atoms with Gasteiger partial charge >= 0.3 is 5.97 Å². The Balaban J connectivity index is 2.21. The maximum absolute atomic E-state index is 11.9.